The molecule has 0 aromatic rings. The van der Waals surface area contributed by atoms with Crippen LogP contribution in [-0.4, -0.2) is 44.7 Å². The first-order valence-electron chi connectivity index (χ1n) is 4.32. The Balaban J connectivity index is 3.27. The third-order valence-corrected chi connectivity index (χ3v) is 1.45. The van der Waals surface area contributed by atoms with Gasteiger partial charge in [0.15, 0.2) is 0 Å². The molecule has 0 atom stereocenters. The zero-order valence-corrected chi connectivity index (χ0v) is 8.67. The molecule has 0 saturated carbocycles. The molecule has 0 aromatic heterocycles. The number of carbonyl (C=O) groups is 1. The van der Waals surface area contributed by atoms with Gasteiger partial charge in [-0.1, -0.05) is 6.58 Å². The van der Waals surface area contributed by atoms with Gasteiger partial charge >= 0.3 is 5.97 Å². The van der Waals surface area contributed by atoms with Crippen molar-refractivity contribution in [2.45, 2.75) is 6.42 Å². The molecular formula is C9H19N2O2+. The Bertz CT molecular complexity index is 173. The number of hydrogen-bond donors (Lipinski definition) is 1. The van der Waals surface area contributed by atoms with Gasteiger partial charge in [0.2, 0.25) is 0 Å². The van der Waals surface area contributed by atoms with Gasteiger partial charge in [-0.05, 0) is 0 Å². The molecule has 0 aliphatic rings. The molecule has 0 unspecified atom stereocenters. The second kappa shape index (κ2) is 5.72. The molecule has 4 heteroatoms. The minimum absolute atomic E-state index is 0.440. The van der Waals surface area contributed by atoms with Gasteiger partial charge < -0.3 is 9.32 Å². The van der Waals surface area contributed by atoms with E-state index in [4.69, 9.17) is 0 Å². The van der Waals surface area contributed by atoms with Crippen molar-refractivity contribution in [2.24, 2.45) is 0 Å². The van der Waals surface area contributed by atoms with Crippen LogP contribution in [0.4, 0.5) is 0 Å². The molecule has 0 rings (SSSR count). The van der Waals surface area contributed by atoms with Crippen LogP contribution in [0.3, 0.4) is 0 Å². The zero-order chi connectivity index (χ0) is 10.3. The second-order valence-corrected chi connectivity index (χ2v) is 3.89. The van der Waals surface area contributed by atoms with Crippen LogP contribution >= 0.6 is 0 Å². The molecule has 76 valence electrons. The molecule has 0 heterocycles. The normalized spacial score (nSPS) is 11.0. The maximum absolute atomic E-state index is 10.6. The van der Waals surface area contributed by atoms with E-state index in [1.54, 1.807) is 0 Å². The fraction of sp³-hybridized carbons (Fsp3) is 0.667. The third kappa shape index (κ3) is 9.04. The number of hydroxylamine groups is 1. The van der Waals surface area contributed by atoms with Gasteiger partial charge in [0.25, 0.3) is 0 Å². The summed E-state index contributed by atoms with van der Waals surface area (Å²) in [6.07, 6.45) is 2.10. The third-order valence-electron chi connectivity index (χ3n) is 1.45. The maximum atomic E-state index is 10.6. The Labute approximate surface area is 79.7 Å². The summed E-state index contributed by atoms with van der Waals surface area (Å²) in [4.78, 5) is 15.2. The summed E-state index contributed by atoms with van der Waals surface area (Å²) in [5, 5.41) is 0. The Morgan fingerprint density at radius 2 is 2.15 bits per heavy atom. The van der Waals surface area contributed by atoms with Gasteiger partial charge in [-0.15, -0.1) is 0 Å². The van der Waals surface area contributed by atoms with Gasteiger partial charge in [0.05, 0.1) is 27.7 Å². The first-order valence-corrected chi connectivity index (χ1v) is 4.32. The predicted molar refractivity (Wildman–Crippen MR) is 51.8 cm³/mol. The van der Waals surface area contributed by atoms with Crippen LogP contribution in [0.25, 0.3) is 0 Å². The first kappa shape index (κ1) is 12.1. The largest absolute Gasteiger partial charge is 0.367 e. The number of nitrogens with zero attached hydrogens (tertiary/aromatic N) is 1. The molecule has 0 aromatic carbocycles. The lowest BCUT2D eigenvalue weighted by Crippen LogP contribution is -2.36. The lowest BCUT2D eigenvalue weighted by molar-refractivity contribution is -0.870. The molecule has 0 aliphatic carbocycles. The minimum Gasteiger partial charge on any atom is -0.367 e. The molecule has 4 nitrogen and oxygen atoms in total. The number of carbonyl (C=O) groups excluding carboxylic acids is 1. The van der Waals surface area contributed by atoms with E-state index in [9.17, 15) is 4.79 Å². The quantitative estimate of drug-likeness (QED) is 0.281. The second-order valence-electron chi connectivity index (χ2n) is 3.89. The highest BCUT2D eigenvalue weighted by molar-refractivity contribution is 5.80. The number of nitrogens with one attached hydrogen (secondary N) is 1. The van der Waals surface area contributed by atoms with Crippen molar-refractivity contribution in [1.82, 2.24) is 5.48 Å². The van der Waals surface area contributed by atoms with Crippen LogP contribution in [-0.2, 0) is 9.63 Å². The zero-order valence-electron chi connectivity index (χ0n) is 8.67. The molecule has 1 N–H and O–H groups in total. The van der Waals surface area contributed by atoms with E-state index in [2.05, 4.69) is 38.0 Å². The van der Waals surface area contributed by atoms with E-state index >= 15 is 0 Å². The van der Waals surface area contributed by atoms with Gasteiger partial charge in [-0.3, -0.25) is 0 Å². The van der Waals surface area contributed by atoms with Crippen molar-refractivity contribution in [1.29, 1.82) is 0 Å². The van der Waals surface area contributed by atoms with Crippen molar-refractivity contribution in [2.75, 3.05) is 34.2 Å². The number of rotatable bonds is 6. The fourth-order valence-electron chi connectivity index (χ4n) is 0.789. The Morgan fingerprint density at radius 3 is 2.62 bits per heavy atom. The van der Waals surface area contributed by atoms with E-state index in [-0.39, 0.29) is 0 Å². The van der Waals surface area contributed by atoms with Crippen LogP contribution in [0, 0.1) is 0 Å². The average molecular weight is 187 g/mol. The SMILES string of the molecule is C=CC(=O)ONCCC[N+](C)(C)C. The number of quaternary nitrogens is 1. The summed E-state index contributed by atoms with van der Waals surface area (Å²) in [5.41, 5.74) is 2.58. The molecular weight excluding hydrogens is 168 g/mol. The predicted octanol–water partition coefficient (Wildman–Crippen LogP) is 0.317. The summed E-state index contributed by atoms with van der Waals surface area (Å²) >= 11 is 0. The number of hydrogen-bond acceptors (Lipinski definition) is 3. The molecule has 0 saturated heterocycles. The highest BCUT2D eigenvalue weighted by atomic mass is 16.7. The highest BCUT2D eigenvalue weighted by Gasteiger charge is 2.05. The molecule has 0 aliphatic heterocycles. The van der Waals surface area contributed by atoms with Crippen molar-refractivity contribution in [3.05, 3.63) is 12.7 Å². The monoisotopic (exact) mass is 187 g/mol. The topological polar surface area (TPSA) is 38.3 Å². The van der Waals surface area contributed by atoms with E-state index in [0.29, 0.717) is 6.54 Å². The Hall–Kier alpha value is -0.870. The highest BCUT2D eigenvalue weighted by Crippen LogP contribution is 1.91. The van der Waals surface area contributed by atoms with Gasteiger partial charge in [0.1, 0.15) is 0 Å². The molecule has 0 spiro atoms. The van der Waals surface area contributed by atoms with Crippen molar-refractivity contribution < 1.29 is 14.1 Å². The molecule has 0 radical (unpaired) electrons. The summed E-state index contributed by atoms with van der Waals surface area (Å²) in [6.45, 7) is 5.00. The molecule has 0 amide bonds. The van der Waals surface area contributed by atoms with Crippen LogP contribution in [0.5, 0.6) is 0 Å². The molecule has 0 bridgehead atoms. The lowest BCUT2D eigenvalue weighted by atomic mass is 10.4. The Morgan fingerprint density at radius 1 is 1.54 bits per heavy atom. The van der Waals surface area contributed by atoms with E-state index in [1.807, 2.05) is 0 Å². The summed E-state index contributed by atoms with van der Waals surface area (Å²) in [5.74, 6) is -0.440. The van der Waals surface area contributed by atoms with Crippen molar-refractivity contribution in [3.8, 4) is 0 Å². The van der Waals surface area contributed by atoms with Crippen LogP contribution < -0.4 is 5.48 Å². The van der Waals surface area contributed by atoms with E-state index in [0.717, 1.165) is 23.5 Å². The van der Waals surface area contributed by atoms with Gasteiger partial charge in [-0.25, -0.2) is 4.79 Å². The van der Waals surface area contributed by atoms with Gasteiger partial charge in [0, 0.05) is 19.0 Å². The standard InChI is InChI=1S/C9H19N2O2/c1-5-9(12)13-10-7-6-8-11(2,3)4/h5,10H,1,6-8H2,2-4H3/q+1. The van der Waals surface area contributed by atoms with Gasteiger partial charge in [-0.2, -0.15) is 5.48 Å². The first-order chi connectivity index (χ1) is 5.95. The molecule has 13 heavy (non-hydrogen) atoms. The minimum atomic E-state index is -0.440. The molecule has 0 fully saturated rings. The smallest absolute Gasteiger partial charge is 0.348 e. The van der Waals surface area contributed by atoms with Crippen molar-refractivity contribution >= 4 is 5.97 Å². The van der Waals surface area contributed by atoms with E-state index in [1.165, 1.54) is 0 Å². The van der Waals surface area contributed by atoms with Crippen LogP contribution in [0.1, 0.15) is 6.42 Å². The van der Waals surface area contributed by atoms with Crippen LogP contribution in [0.15, 0.2) is 12.7 Å². The summed E-state index contributed by atoms with van der Waals surface area (Å²) in [7, 11) is 6.36. The summed E-state index contributed by atoms with van der Waals surface area (Å²) in [6, 6.07) is 0. The van der Waals surface area contributed by atoms with Crippen LogP contribution in [0.2, 0.25) is 0 Å². The van der Waals surface area contributed by atoms with E-state index < -0.39 is 5.97 Å². The average Bonchev–Trinajstić information content (AvgIpc) is 2.01. The lowest BCUT2D eigenvalue weighted by Gasteiger charge is -2.23. The Kier molecular flexibility index (Phi) is 5.34. The van der Waals surface area contributed by atoms with Crippen molar-refractivity contribution in [3.63, 3.8) is 0 Å². The summed E-state index contributed by atoms with van der Waals surface area (Å²) < 4.78 is 0.914. The fourth-order valence-corrected chi connectivity index (χ4v) is 0.789. The maximum Gasteiger partial charge on any atom is 0.348 e.